The number of halogens is 1. The molecular weight excluding hydrogens is 287 g/mol. The van der Waals surface area contributed by atoms with Crippen molar-refractivity contribution in [3.8, 4) is 11.1 Å². The van der Waals surface area contributed by atoms with Crippen molar-refractivity contribution >= 4 is 5.91 Å². The van der Waals surface area contributed by atoms with Gasteiger partial charge in [-0.15, -0.1) is 0 Å². The summed E-state index contributed by atoms with van der Waals surface area (Å²) >= 11 is 0. The fraction of sp³-hybridized carbons (Fsp3) is 0.250. The summed E-state index contributed by atoms with van der Waals surface area (Å²) in [6.07, 6.45) is 3.12. The summed E-state index contributed by atoms with van der Waals surface area (Å²) < 4.78 is 20.1. The summed E-state index contributed by atoms with van der Waals surface area (Å²) in [5.74, 6) is -1.18. The van der Waals surface area contributed by atoms with Gasteiger partial charge in [0.2, 0.25) is 5.43 Å². The van der Waals surface area contributed by atoms with E-state index >= 15 is 0 Å². The summed E-state index contributed by atoms with van der Waals surface area (Å²) in [7, 11) is 0. The molecule has 2 heterocycles. The zero-order valence-corrected chi connectivity index (χ0v) is 12.0. The Hall–Kier alpha value is -2.47. The molecule has 1 aliphatic heterocycles. The van der Waals surface area contributed by atoms with Gasteiger partial charge >= 0.3 is 0 Å². The minimum atomic E-state index is -0.786. The normalized spacial score (nSPS) is 16.1. The van der Waals surface area contributed by atoms with Gasteiger partial charge in [-0.1, -0.05) is 12.1 Å². The standard InChI is InChI=1S/C16H15FN2O3/c1-16(8-22-9-16)19-6-12(10-2-4-11(17)5-3-10)14(20)13(7-19)15(18)21/h2-7H,8-9H2,1H3,(H2,18,21). The van der Waals surface area contributed by atoms with E-state index in [1.807, 2.05) is 6.92 Å². The maximum atomic E-state index is 13.1. The van der Waals surface area contributed by atoms with Crippen molar-refractivity contribution in [3.05, 3.63) is 58.3 Å². The molecule has 22 heavy (non-hydrogen) atoms. The average molecular weight is 302 g/mol. The van der Waals surface area contributed by atoms with E-state index in [9.17, 15) is 14.0 Å². The Morgan fingerprint density at radius 1 is 1.27 bits per heavy atom. The molecule has 0 unspecified atom stereocenters. The highest BCUT2D eigenvalue weighted by Crippen LogP contribution is 2.27. The Balaban J connectivity index is 2.22. The van der Waals surface area contributed by atoms with E-state index in [1.165, 1.54) is 30.5 Å². The number of carbonyl (C=O) groups excluding carboxylic acids is 1. The monoisotopic (exact) mass is 302 g/mol. The Morgan fingerprint density at radius 2 is 1.91 bits per heavy atom. The van der Waals surface area contributed by atoms with E-state index < -0.39 is 17.2 Å². The Bertz CT molecular complexity index is 792. The second-order valence-electron chi connectivity index (χ2n) is 5.68. The van der Waals surface area contributed by atoms with Gasteiger partial charge in [-0.05, 0) is 24.6 Å². The van der Waals surface area contributed by atoms with Gasteiger partial charge in [-0.25, -0.2) is 4.39 Å². The summed E-state index contributed by atoms with van der Waals surface area (Å²) in [6.45, 7) is 2.92. The number of primary amides is 1. The van der Waals surface area contributed by atoms with Crippen molar-refractivity contribution in [2.45, 2.75) is 12.5 Å². The molecule has 1 fully saturated rings. The molecule has 1 saturated heterocycles. The van der Waals surface area contributed by atoms with E-state index in [-0.39, 0.29) is 11.1 Å². The Kier molecular flexibility index (Phi) is 3.33. The molecular formula is C16H15FN2O3. The fourth-order valence-corrected chi connectivity index (χ4v) is 2.45. The molecule has 2 N–H and O–H groups in total. The van der Waals surface area contributed by atoms with Crippen molar-refractivity contribution < 1.29 is 13.9 Å². The predicted octanol–water partition coefficient (Wildman–Crippen LogP) is 1.50. The number of nitrogens with zero attached hydrogens (tertiary/aromatic N) is 1. The smallest absolute Gasteiger partial charge is 0.254 e. The zero-order chi connectivity index (χ0) is 15.9. The van der Waals surface area contributed by atoms with Gasteiger partial charge in [0, 0.05) is 18.0 Å². The number of amides is 1. The lowest BCUT2D eigenvalue weighted by molar-refractivity contribution is -0.0899. The number of ether oxygens (including phenoxy) is 1. The number of hydrogen-bond acceptors (Lipinski definition) is 3. The molecule has 6 heteroatoms. The lowest BCUT2D eigenvalue weighted by atomic mass is 9.97. The number of pyridine rings is 1. The van der Waals surface area contributed by atoms with Crippen LogP contribution in [-0.2, 0) is 10.3 Å². The van der Waals surface area contributed by atoms with Crippen LogP contribution in [0, 0.1) is 5.82 Å². The predicted molar refractivity (Wildman–Crippen MR) is 79.1 cm³/mol. The van der Waals surface area contributed by atoms with Crippen LogP contribution in [-0.4, -0.2) is 23.7 Å². The number of rotatable bonds is 3. The van der Waals surface area contributed by atoms with E-state index in [2.05, 4.69) is 0 Å². The third-order valence-corrected chi connectivity index (χ3v) is 3.90. The minimum Gasteiger partial charge on any atom is -0.376 e. The van der Waals surface area contributed by atoms with Crippen LogP contribution in [0.3, 0.4) is 0 Å². The Labute approximate surface area is 126 Å². The van der Waals surface area contributed by atoms with Crippen LogP contribution in [0.25, 0.3) is 11.1 Å². The van der Waals surface area contributed by atoms with Crippen molar-refractivity contribution in [1.29, 1.82) is 0 Å². The first-order chi connectivity index (χ1) is 10.4. The van der Waals surface area contributed by atoms with Crippen molar-refractivity contribution in [2.75, 3.05) is 13.2 Å². The molecule has 1 amide bonds. The fourth-order valence-electron chi connectivity index (χ4n) is 2.45. The third-order valence-electron chi connectivity index (χ3n) is 3.90. The average Bonchev–Trinajstić information content (AvgIpc) is 2.46. The zero-order valence-electron chi connectivity index (χ0n) is 12.0. The molecule has 0 saturated carbocycles. The number of benzene rings is 1. The van der Waals surface area contributed by atoms with Crippen molar-refractivity contribution in [3.63, 3.8) is 0 Å². The van der Waals surface area contributed by atoms with E-state index in [0.29, 0.717) is 24.3 Å². The van der Waals surface area contributed by atoms with Gasteiger partial charge in [-0.2, -0.15) is 0 Å². The van der Waals surface area contributed by atoms with Gasteiger partial charge in [0.1, 0.15) is 11.4 Å². The van der Waals surface area contributed by atoms with Crippen LogP contribution in [0.15, 0.2) is 41.5 Å². The summed E-state index contributed by atoms with van der Waals surface area (Å²) in [5.41, 5.74) is 5.28. The molecule has 2 aromatic rings. The van der Waals surface area contributed by atoms with Crippen molar-refractivity contribution in [1.82, 2.24) is 4.57 Å². The molecule has 0 spiro atoms. The van der Waals surface area contributed by atoms with E-state index in [4.69, 9.17) is 10.5 Å². The van der Waals surface area contributed by atoms with Crippen LogP contribution < -0.4 is 11.2 Å². The number of hydrogen-bond donors (Lipinski definition) is 1. The number of aromatic nitrogens is 1. The second-order valence-corrected chi connectivity index (χ2v) is 5.68. The second kappa shape index (κ2) is 5.06. The van der Waals surface area contributed by atoms with Gasteiger partial charge < -0.3 is 15.0 Å². The number of carbonyl (C=O) groups is 1. The summed E-state index contributed by atoms with van der Waals surface area (Å²) in [5, 5.41) is 0. The molecule has 1 aromatic heterocycles. The highest BCUT2D eigenvalue weighted by molar-refractivity contribution is 5.93. The first-order valence-electron chi connectivity index (χ1n) is 6.81. The maximum absolute atomic E-state index is 13.1. The largest absolute Gasteiger partial charge is 0.376 e. The van der Waals surface area contributed by atoms with Gasteiger partial charge in [0.05, 0.1) is 18.8 Å². The van der Waals surface area contributed by atoms with E-state index in [0.717, 1.165) is 0 Å². The Morgan fingerprint density at radius 3 is 2.41 bits per heavy atom. The molecule has 5 nitrogen and oxygen atoms in total. The molecule has 0 aliphatic carbocycles. The molecule has 1 aliphatic rings. The lowest BCUT2D eigenvalue weighted by Crippen LogP contribution is -2.49. The molecule has 0 radical (unpaired) electrons. The van der Waals surface area contributed by atoms with Crippen LogP contribution in [0.2, 0.25) is 0 Å². The highest BCUT2D eigenvalue weighted by Gasteiger charge is 2.35. The first-order valence-corrected chi connectivity index (χ1v) is 6.81. The first kappa shape index (κ1) is 14.5. The van der Waals surface area contributed by atoms with Crippen LogP contribution in [0.1, 0.15) is 17.3 Å². The van der Waals surface area contributed by atoms with Crippen LogP contribution in [0.5, 0.6) is 0 Å². The SMILES string of the molecule is CC1(n2cc(C(N)=O)c(=O)c(-c3ccc(F)cc3)c2)COC1. The van der Waals surface area contributed by atoms with Crippen molar-refractivity contribution in [2.24, 2.45) is 5.73 Å². The minimum absolute atomic E-state index is 0.0880. The summed E-state index contributed by atoms with van der Waals surface area (Å²) in [6, 6.07) is 5.54. The molecule has 3 rings (SSSR count). The quantitative estimate of drug-likeness (QED) is 0.933. The van der Waals surface area contributed by atoms with Gasteiger partial charge in [0.15, 0.2) is 0 Å². The molecule has 0 bridgehead atoms. The molecule has 0 atom stereocenters. The van der Waals surface area contributed by atoms with Crippen LogP contribution in [0.4, 0.5) is 4.39 Å². The highest BCUT2D eigenvalue weighted by atomic mass is 19.1. The molecule has 114 valence electrons. The number of nitrogens with two attached hydrogens (primary N) is 1. The van der Waals surface area contributed by atoms with Gasteiger partial charge in [-0.3, -0.25) is 9.59 Å². The maximum Gasteiger partial charge on any atom is 0.254 e. The lowest BCUT2D eigenvalue weighted by Gasteiger charge is -2.40. The summed E-state index contributed by atoms with van der Waals surface area (Å²) in [4.78, 5) is 24.0. The van der Waals surface area contributed by atoms with E-state index in [1.54, 1.807) is 10.8 Å². The van der Waals surface area contributed by atoms with Gasteiger partial charge in [0.25, 0.3) is 5.91 Å². The third kappa shape index (κ3) is 2.31. The topological polar surface area (TPSA) is 74.3 Å². The molecule has 1 aromatic carbocycles. The van der Waals surface area contributed by atoms with Crippen LogP contribution >= 0.6 is 0 Å².